The van der Waals surface area contributed by atoms with Crippen LogP contribution in [-0.4, -0.2) is 23.3 Å². The van der Waals surface area contributed by atoms with Gasteiger partial charge in [0.2, 0.25) is 5.82 Å². The molecule has 1 saturated carbocycles. The zero-order chi connectivity index (χ0) is 12.8. The Kier molecular flexibility index (Phi) is 2.77. The SMILES string of the molecule is COc1c(Br)cc(C2(C(=O)O)CC2)c(O)c1F. The molecule has 0 aromatic heterocycles. The highest BCUT2D eigenvalue weighted by molar-refractivity contribution is 9.10. The minimum atomic E-state index is -1.15. The van der Waals surface area contributed by atoms with Crippen LogP contribution in [0.15, 0.2) is 10.5 Å². The summed E-state index contributed by atoms with van der Waals surface area (Å²) in [5.41, 5.74) is -1.06. The predicted octanol–water partition coefficient (Wildman–Crippen LogP) is 2.42. The van der Waals surface area contributed by atoms with Crippen LogP contribution in [0.3, 0.4) is 0 Å². The van der Waals surface area contributed by atoms with Crippen LogP contribution in [0.5, 0.6) is 11.5 Å². The number of carboxylic acid groups (broad SMARTS) is 1. The monoisotopic (exact) mass is 304 g/mol. The number of carbonyl (C=O) groups is 1. The molecule has 0 amide bonds. The number of phenolic OH excluding ortho intramolecular Hbond substituents is 1. The molecule has 0 spiro atoms. The molecule has 1 aromatic rings. The van der Waals surface area contributed by atoms with Gasteiger partial charge in [-0.25, -0.2) is 0 Å². The normalized spacial score (nSPS) is 16.6. The summed E-state index contributed by atoms with van der Waals surface area (Å²) in [4.78, 5) is 11.1. The lowest BCUT2D eigenvalue weighted by Gasteiger charge is -2.15. The van der Waals surface area contributed by atoms with Crippen molar-refractivity contribution in [3.05, 3.63) is 21.9 Å². The van der Waals surface area contributed by atoms with Gasteiger partial charge in [0.1, 0.15) is 0 Å². The van der Waals surface area contributed by atoms with Gasteiger partial charge in [0.25, 0.3) is 0 Å². The van der Waals surface area contributed by atoms with Gasteiger partial charge < -0.3 is 14.9 Å². The van der Waals surface area contributed by atoms with E-state index in [0.717, 1.165) is 0 Å². The first-order chi connectivity index (χ1) is 7.94. The molecule has 0 aliphatic heterocycles. The van der Waals surface area contributed by atoms with Crippen molar-refractivity contribution in [1.29, 1.82) is 0 Å². The van der Waals surface area contributed by atoms with Crippen LogP contribution in [0.2, 0.25) is 0 Å². The maximum Gasteiger partial charge on any atom is 0.314 e. The average Bonchev–Trinajstić information content (AvgIpc) is 3.05. The summed E-state index contributed by atoms with van der Waals surface area (Å²) in [5.74, 6) is -2.77. The first kappa shape index (κ1) is 12.2. The van der Waals surface area contributed by atoms with Crippen LogP contribution in [0, 0.1) is 5.82 Å². The highest BCUT2D eigenvalue weighted by Crippen LogP contribution is 2.53. The van der Waals surface area contributed by atoms with E-state index >= 15 is 0 Å². The van der Waals surface area contributed by atoms with Crippen LogP contribution in [0.1, 0.15) is 18.4 Å². The number of hydrogen-bond acceptors (Lipinski definition) is 3. The van der Waals surface area contributed by atoms with Crippen LogP contribution >= 0.6 is 15.9 Å². The summed E-state index contributed by atoms with van der Waals surface area (Å²) in [6.45, 7) is 0. The molecule has 6 heteroatoms. The first-order valence-corrected chi connectivity index (χ1v) is 5.72. The van der Waals surface area contributed by atoms with Gasteiger partial charge in [-0.1, -0.05) is 0 Å². The molecule has 2 N–H and O–H groups in total. The van der Waals surface area contributed by atoms with Gasteiger partial charge in [0.15, 0.2) is 11.5 Å². The molecule has 1 aliphatic carbocycles. The third kappa shape index (κ3) is 1.67. The maximum absolute atomic E-state index is 13.7. The third-order valence-corrected chi connectivity index (χ3v) is 3.62. The fraction of sp³-hybridized carbons (Fsp3) is 0.364. The first-order valence-electron chi connectivity index (χ1n) is 4.93. The van der Waals surface area contributed by atoms with E-state index in [1.165, 1.54) is 13.2 Å². The fourth-order valence-electron chi connectivity index (χ4n) is 1.87. The largest absolute Gasteiger partial charge is 0.505 e. The van der Waals surface area contributed by atoms with E-state index < -0.39 is 23.0 Å². The molecule has 0 atom stereocenters. The smallest absolute Gasteiger partial charge is 0.314 e. The molecule has 1 fully saturated rings. The molecule has 0 saturated heterocycles. The van der Waals surface area contributed by atoms with Gasteiger partial charge in [-0.2, -0.15) is 4.39 Å². The van der Waals surface area contributed by atoms with Gasteiger partial charge >= 0.3 is 5.97 Å². The highest BCUT2D eigenvalue weighted by atomic mass is 79.9. The second kappa shape index (κ2) is 3.87. The van der Waals surface area contributed by atoms with Crippen LogP contribution in [0.25, 0.3) is 0 Å². The van der Waals surface area contributed by atoms with E-state index in [4.69, 9.17) is 9.84 Å². The molecular formula is C11H10BrFO4. The van der Waals surface area contributed by atoms with Gasteiger partial charge in [0.05, 0.1) is 17.0 Å². The Morgan fingerprint density at radius 1 is 1.59 bits per heavy atom. The molecule has 92 valence electrons. The van der Waals surface area contributed by atoms with Crippen molar-refractivity contribution in [1.82, 2.24) is 0 Å². The Balaban J connectivity index is 2.62. The number of carboxylic acids is 1. The quantitative estimate of drug-likeness (QED) is 0.900. The Morgan fingerprint density at radius 3 is 2.59 bits per heavy atom. The van der Waals surface area contributed by atoms with Crippen molar-refractivity contribution >= 4 is 21.9 Å². The number of rotatable bonds is 3. The Morgan fingerprint density at radius 2 is 2.18 bits per heavy atom. The Bertz CT molecular complexity index is 497. The topological polar surface area (TPSA) is 66.8 Å². The lowest BCUT2D eigenvalue weighted by atomic mass is 9.95. The summed E-state index contributed by atoms with van der Waals surface area (Å²) < 4.78 is 18.8. The number of benzene rings is 1. The molecule has 0 unspecified atom stereocenters. The molecule has 1 aromatic carbocycles. The Labute approximate surface area is 105 Å². The Hall–Kier alpha value is -1.30. The molecule has 0 bridgehead atoms. The molecule has 0 radical (unpaired) electrons. The molecular weight excluding hydrogens is 295 g/mol. The van der Waals surface area contributed by atoms with Gasteiger partial charge in [0, 0.05) is 5.56 Å². The number of phenols is 1. The third-order valence-electron chi connectivity index (χ3n) is 3.03. The van der Waals surface area contributed by atoms with Crippen molar-refractivity contribution in [2.45, 2.75) is 18.3 Å². The lowest BCUT2D eigenvalue weighted by molar-refractivity contribution is -0.140. The van der Waals surface area contributed by atoms with E-state index in [1.807, 2.05) is 0 Å². The predicted molar refractivity (Wildman–Crippen MR) is 60.9 cm³/mol. The summed E-state index contributed by atoms with van der Waals surface area (Å²) in [7, 11) is 1.27. The number of hydrogen-bond donors (Lipinski definition) is 2. The van der Waals surface area contributed by atoms with E-state index in [1.54, 1.807) is 0 Å². The number of methoxy groups -OCH3 is 1. The van der Waals surface area contributed by atoms with Crippen molar-refractivity contribution in [2.75, 3.05) is 7.11 Å². The van der Waals surface area contributed by atoms with Gasteiger partial charge in [-0.3, -0.25) is 4.79 Å². The summed E-state index contributed by atoms with van der Waals surface area (Å²) in [6, 6.07) is 1.40. The van der Waals surface area contributed by atoms with E-state index in [0.29, 0.717) is 12.8 Å². The minimum absolute atomic E-state index is 0.0928. The number of aromatic hydroxyl groups is 1. The van der Waals surface area contributed by atoms with Crippen molar-refractivity contribution < 1.29 is 24.1 Å². The van der Waals surface area contributed by atoms with Crippen molar-refractivity contribution in [3.63, 3.8) is 0 Å². The van der Waals surface area contributed by atoms with Gasteiger partial charge in [-0.05, 0) is 34.8 Å². The zero-order valence-corrected chi connectivity index (χ0v) is 10.5. The maximum atomic E-state index is 13.7. The molecule has 4 nitrogen and oxygen atoms in total. The second-order valence-corrected chi connectivity index (χ2v) is 4.84. The molecule has 17 heavy (non-hydrogen) atoms. The van der Waals surface area contributed by atoms with Crippen LogP contribution in [-0.2, 0) is 10.2 Å². The van der Waals surface area contributed by atoms with E-state index in [2.05, 4.69) is 15.9 Å². The van der Waals surface area contributed by atoms with E-state index in [-0.39, 0.29) is 15.8 Å². The summed E-state index contributed by atoms with van der Waals surface area (Å²) >= 11 is 3.09. The lowest BCUT2D eigenvalue weighted by Crippen LogP contribution is -2.20. The average molecular weight is 305 g/mol. The van der Waals surface area contributed by atoms with Crippen LogP contribution in [0.4, 0.5) is 4.39 Å². The molecule has 0 heterocycles. The van der Waals surface area contributed by atoms with Gasteiger partial charge in [-0.15, -0.1) is 0 Å². The second-order valence-electron chi connectivity index (χ2n) is 3.99. The standard InChI is InChI=1S/C11H10BrFO4/c1-17-9-6(12)4-5(8(14)7(9)13)11(2-3-11)10(15)16/h4,14H,2-3H2,1H3,(H,15,16). The number of halogens is 2. The van der Waals surface area contributed by atoms with Crippen LogP contribution < -0.4 is 4.74 Å². The fourth-order valence-corrected chi connectivity index (χ4v) is 2.43. The summed E-state index contributed by atoms with van der Waals surface area (Å²) in [6.07, 6.45) is 0.794. The zero-order valence-electron chi connectivity index (χ0n) is 8.96. The number of ether oxygens (including phenoxy) is 1. The highest BCUT2D eigenvalue weighted by Gasteiger charge is 2.54. The summed E-state index contributed by atoms with van der Waals surface area (Å²) in [5, 5.41) is 18.8. The number of aliphatic carboxylic acids is 1. The molecule has 2 rings (SSSR count). The van der Waals surface area contributed by atoms with E-state index in [9.17, 15) is 14.3 Å². The minimum Gasteiger partial charge on any atom is -0.505 e. The van der Waals surface area contributed by atoms with Crippen molar-refractivity contribution in [2.24, 2.45) is 0 Å². The molecule has 1 aliphatic rings. The van der Waals surface area contributed by atoms with Crippen molar-refractivity contribution in [3.8, 4) is 11.5 Å².